The number of hydrogen-bond donors (Lipinski definition) is 1. The van der Waals surface area contributed by atoms with Crippen molar-refractivity contribution < 1.29 is 23.8 Å². The number of ether oxygens (including phenoxy) is 3. The first-order valence-corrected chi connectivity index (χ1v) is 12.1. The topological polar surface area (TPSA) is 94.9 Å². The fraction of sp³-hybridized carbons (Fsp3) is 0.560. The predicted molar refractivity (Wildman–Crippen MR) is 123 cm³/mol. The van der Waals surface area contributed by atoms with Crippen molar-refractivity contribution in [1.29, 1.82) is 0 Å². The maximum atomic E-state index is 13.2. The highest BCUT2D eigenvalue weighted by Crippen LogP contribution is 2.30. The van der Waals surface area contributed by atoms with E-state index in [0.29, 0.717) is 51.3 Å². The molecule has 1 aromatic heterocycles. The highest BCUT2D eigenvalue weighted by atomic mass is 16.5. The number of nitrogens with zero attached hydrogens (tertiary/aromatic N) is 3. The lowest BCUT2D eigenvalue weighted by Gasteiger charge is -2.32. The number of aromatic nitrogens is 2. The molecule has 2 fully saturated rings. The first-order chi connectivity index (χ1) is 16.6. The van der Waals surface area contributed by atoms with Crippen LogP contribution in [0.2, 0.25) is 0 Å². The quantitative estimate of drug-likeness (QED) is 0.699. The van der Waals surface area contributed by atoms with Crippen molar-refractivity contribution in [3.63, 3.8) is 0 Å². The number of fused-ring (bicyclic) bond motifs is 1. The smallest absolute Gasteiger partial charge is 0.274 e. The molecule has 1 N–H and O–H groups in total. The Morgan fingerprint density at radius 2 is 1.94 bits per heavy atom. The van der Waals surface area contributed by atoms with Gasteiger partial charge in [0.1, 0.15) is 11.9 Å². The molecule has 2 aromatic rings. The van der Waals surface area contributed by atoms with E-state index in [1.165, 1.54) is 0 Å². The zero-order valence-corrected chi connectivity index (χ0v) is 19.6. The fourth-order valence-corrected chi connectivity index (χ4v) is 4.98. The van der Waals surface area contributed by atoms with Gasteiger partial charge in [0.05, 0.1) is 38.4 Å². The van der Waals surface area contributed by atoms with Crippen molar-refractivity contribution in [3.8, 4) is 5.75 Å². The molecule has 182 valence electrons. The van der Waals surface area contributed by atoms with Crippen molar-refractivity contribution in [1.82, 2.24) is 19.8 Å². The van der Waals surface area contributed by atoms with Crippen LogP contribution in [0.25, 0.3) is 0 Å². The predicted octanol–water partition coefficient (Wildman–Crippen LogP) is 2.31. The van der Waals surface area contributed by atoms with Crippen LogP contribution in [0.4, 0.5) is 0 Å². The summed E-state index contributed by atoms with van der Waals surface area (Å²) in [6, 6.07) is 7.84. The molecule has 3 aliphatic rings. The second-order valence-electron chi connectivity index (χ2n) is 9.21. The molecule has 1 aromatic carbocycles. The second-order valence-corrected chi connectivity index (χ2v) is 9.21. The van der Waals surface area contributed by atoms with E-state index in [4.69, 9.17) is 14.2 Å². The molecule has 9 heteroatoms. The molecule has 0 unspecified atom stereocenters. The van der Waals surface area contributed by atoms with Gasteiger partial charge in [-0.1, -0.05) is 12.1 Å². The van der Waals surface area contributed by atoms with Gasteiger partial charge in [-0.15, -0.1) is 0 Å². The Hall–Kier alpha value is -2.91. The van der Waals surface area contributed by atoms with Gasteiger partial charge in [0.15, 0.2) is 5.69 Å². The molecular weight excluding hydrogens is 436 g/mol. The van der Waals surface area contributed by atoms with Gasteiger partial charge in [0, 0.05) is 32.2 Å². The van der Waals surface area contributed by atoms with Gasteiger partial charge < -0.3 is 29.0 Å². The molecule has 2 atom stereocenters. The maximum absolute atomic E-state index is 13.2. The summed E-state index contributed by atoms with van der Waals surface area (Å²) in [5.74, 6) is 0.730. The van der Waals surface area contributed by atoms with Crippen LogP contribution in [0.1, 0.15) is 53.5 Å². The van der Waals surface area contributed by atoms with E-state index in [0.717, 1.165) is 36.5 Å². The van der Waals surface area contributed by atoms with Gasteiger partial charge in [0.2, 0.25) is 5.91 Å². The van der Waals surface area contributed by atoms with Crippen LogP contribution in [-0.4, -0.2) is 65.7 Å². The third-order valence-electron chi connectivity index (χ3n) is 7.10. The van der Waals surface area contributed by atoms with Crippen LogP contribution in [0.5, 0.6) is 5.75 Å². The SMILES string of the molecule is COc1ccc([C@H]2Cn3cnc(C(=O)N4CCC(C(=O)NC[C@@H]5CCCO5)CC4)c3CO2)cc1. The summed E-state index contributed by atoms with van der Waals surface area (Å²) >= 11 is 0. The number of carbonyl (C=O) groups excluding carboxylic acids is 2. The number of piperidine rings is 1. The molecular formula is C25H32N4O5. The number of methoxy groups -OCH3 is 1. The van der Waals surface area contributed by atoms with E-state index >= 15 is 0 Å². The van der Waals surface area contributed by atoms with E-state index in [1.807, 2.05) is 33.7 Å². The van der Waals surface area contributed by atoms with Gasteiger partial charge >= 0.3 is 0 Å². The summed E-state index contributed by atoms with van der Waals surface area (Å²) in [6.45, 7) is 3.41. The van der Waals surface area contributed by atoms with Crippen molar-refractivity contribution in [3.05, 3.63) is 47.5 Å². The standard InChI is InChI=1S/C25H32N4O5/c1-32-19-6-4-17(5-7-19)22-14-29-16-27-23(21(29)15-34-22)25(31)28-10-8-18(9-11-28)24(30)26-13-20-3-2-12-33-20/h4-7,16,18,20,22H,2-3,8-15H2,1H3,(H,26,30)/t20-,22+/m0/s1. The van der Waals surface area contributed by atoms with Crippen LogP contribution in [0, 0.1) is 5.92 Å². The van der Waals surface area contributed by atoms with Crippen molar-refractivity contribution in [2.45, 2.75) is 51.0 Å². The highest BCUT2D eigenvalue weighted by Gasteiger charge is 2.32. The molecule has 4 heterocycles. The first-order valence-electron chi connectivity index (χ1n) is 12.1. The van der Waals surface area contributed by atoms with Gasteiger partial charge in [0.25, 0.3) is 5.91 Å². The lowest BCUT2D eigenvalue weighted by Crippen LogP contribution is -2.44. The molecule has 2 amide bonds. The van der Waals surface area contributed by atoms with Crippen LogP contribution >= 0.6 is 0 Å². The molecule has 0 aliphatic carbocycles. The Morgan fingerprint density at radius 3 is 2.65 bits per heavy atom. The number of imidazole rings is 1. The lowest BCUT2D eigenvalue weighted by molar-refractivity contribution is -0.126. The molecule has 0 spiro atoms. The molecule has 2 saturated heterocycles. The van der Waals surface area contributed by atoms with E-state index in [2.05, 4.69) is 10.3 Å². The third kappa shape index (κ3) is 4.81. The minimum atomic E-state index is -0.0977. The number of likely N-dealkylation sites (tertiary alicyclic amines) is 1. The molecule has 0 radical (unpaired) electrons. The molecule has 0 saturated carbocycles. The first kappa shape index (κ1) is 22.9. The Labute approximate surface area is 199 Å². The largest absolute Gasteiger partial charge is 0.497 e. The van der Waals surface area contributed by atoms with Crippen molar-refractivity contribution in [2.24, 2.45) is 5.92 Å². The Kier molecular flexibility index (Phi) is 6.82. The number of rotatable bonds is 6. The van der Waals surface area contributed by atoms with Crippen LogP contribution < -0.4 is 10.1 Å². The zero-order valence-electron chi connectivity index (χ0n) is 19.6. The summed E-state index contributed by atoms with van der Waals surface area (Å²) in [5, 5.41) is 3.02. The van der Waals surface area contributed by atoms with Gasteiger partial charge in [-0.2, -0.15) is 0 Å². The van der Waals surface area contributed by atoms with Crippen molar-refractivity contribution >= 4 is 11.8 Å². The van der Waals surface area contributed by atoms with E-state index in [9.17, 15) is 9.59 Å². The number of nitrogens with one attached hydrogen (secondary N) is 1. The third-order valence-corrected chi connectivity index (χ3v) is 7.10. The van der Waals surface area contributed by atoms with Crippen molar-refractivity contribution in [2.75, 3.05) is 33.4 Å². The average Bonchev–Trinajstić information content (AvgIpc) is 3.56. The fourth-order valence-electron chi connectivity index (χ4n) is 4.98. The van der Waals surface area contributed by atoms with Crippen LogP contribution in [0.3, 0.4) is 0 Å². The monoisotopic (exact) mass is 468 g/mol. The van der Waals surface area contributed by atoms with E-state index in [1.54, 1.807) is 13.4 Å². The normalized spacial score (nSPS) is 22.9. The number of carbonyl (C=O) groups is 2. The Bertz CT molecular complexity index is 1010. The summed E-state index contributed by atoms with van der Waals surface area (Å²) < 4.78 is 18.9. The Balaban J connectivity index is 1.15. The summed E-state index contributed by atoms with van der Waals surface area (Å²) in [4.78, 5) is 32.0. The summed E-state index contributed by atoms with van der Waals surface area (Å²) in [6.07, 6.45) is 5.17. The van der Waals surface area contributed by atoms with Gasteiger partial charge in [-0.25, -0.2) is 4.98 Å². The Morgan fingerprint density at radius 1 is 1.15 bits per heavy atom. The minimum Gasteiger partial charge on any atom is -0.497 e. The highest BCUT2D eigenvalue weighted by molar-refractivity contribution is 5.93. The number of amides is 2. The van der Waals surface area contributed by atoms with Gasteiger partial charge in [-0.05, 0) is 43.4 Å². The van der Waals surface area contributed by atoms with Crippen LogP contribution in [-0.2, 0) is 27.4 Å². The zero-order chi connectivity index (χ0) is 23.5. The summed E-state index contributed by atoms with van der Waals surface area (Å²) in [7, 11) is 1.65. The van der Waals surface area contributed by atoms with E-state index < -0.39 is 0 Å². The number of benzene rings is 1. The number of hydrogen-bond acceptors (Lipinski definition) is 6. The molecule has 3 aliphatic heterocycles. The summed E-state index contributed by atoms with van der Waals surface area (Å²) in [5.41, 5.74) is 2.33. The second kappa shape index (κ2) is 10.1. The molecule has 34 heavy (non-hydrogen) atoms. The molecule has 9 nitrogen and oxygen atoms in total. The molecule has 0 bridgehead atoms. The van der Waals surface area contributed by atoms with Crippen LogP contribution in [0.15, 0.2) is 30.6 Å². The maximum Gasteiger partial charge on any atom is 0.274 e. The lowest BCUT2D eigenvalue weighted by atomic mass is 9.95. The van der Waals surface area contributed by atoms with Gasteiger partial charge in [-0.3, -0.25) is 9.59 Å². The molecule has 5 rings (SSSR count). The average molecular weight is 469 g/mol. The van der Waals surface area contributed by atoms with E-state index in [-0.39, 0.29) is 29.9 Å². The minimum absolute atomic E-state index is 0.0602.